The molecular formula is C36H70N4O6S2. The lowest BCUT2D eigenvalue weighted by Gasteiger charge is -2.15. The molecule has 0 saturated heterocycles. The van der Waals surface area contributed by atoms with Gasteiger partial charge in [0, 0.05) is 24.3 Å². The van der Waals surface area contributed by atoms with Crippen LogP contribution in [0.4, 0.5) is 0 Å². The number of rotatable bonds is 35. The Hall–Kier alpha value is -1.50. The number of aliphatic carboxylic acids is 2. The lowest BCUT2D eigenvalue weighted by molar-refractivity contribution is -0.142. The number of carbonyl (C=O) groups excluding carboxylic acids is 2. The van der Waals surface area contributed by atoms with E-state index in [1.165, 1.54) is 98.6 Å². The van der Waals surface area contributed by atoms with Gasteiger partial charge in [0.2, 0.25) is 11.8 Å². The Balaban J connectivity index is 3.92. The third kappa shape index (κ3) is 31.7. The normalized spacial score (nSPS) is 12.7. The smallest absolute Gasteiger partial charge is 0.326 e. The first-order chi connectivity index (χ1) is 23.0. The number of nitrogens with zero attached hydrogens (tertiary/aromatic N) is 2. The fourth-order valence-electron chi connectivity index (χ4n) is 5.40. The van der Waals surface area contributed by atoms with Gasteiger partial charge in [0.25, 0.3) is 0 Å². The van der Waals surface area contributed by atoms with Gasteiger partial charge in [-0.05, 0) is 79.8 Å². The second kappa shape index (κ2) is 32.7. The van der Waals surface area contributed by atoms with E-state index in [0.29, 0.717) is 37.2 Å². The first-order valence-corrected chi connectivity index (χ1v) is 21.1. The van der Waals surface area contributed by atoms with Crippen molar-refractivity contribution in [2.45, 2.75) is 153 Å². The molecule has 48 heavy (non-hydrogen) atoms. The van der Waals surface area contributed by atoms with Crippen LogP contribution < -0.4 is 10.6 Å². The van der Waals surface area contributed by atoms with E-state index in [1.807, 2.05) is 0 Å². The summed E-state index contributed by atoms with van der Waals surface area (Å²) in [6.45, 7) is 2.30. The minimum Gasteiger partial charge on any atom is -0.480 e. The zero-order valence-corrected chi connectivity index (χ0v) is 32.4. The predicted octanol–water partition coefficient (Wildman–Crippen LogP) is 7.21. The maximum atomic E-state index is 12.3. The molecule has 2 atom stereocenters. The predicted molar refractivity (Wildman–Crippen MR) is 203 cm³/mol. The SMILES string of the molecule is CN(C)CCCCCCCCCCCC(=O)NC(CCSSCCC(NC(=O)CCCCCCCCCCCN(C)C)C(=O)O)C(=O)O. The molecule has 4 N–H and O–H groups in total. The zero-order valence-electron chi connectivity index (χ0n) is 30.8. The zero-order chi connectivity index (χ0) is 35.8. The Morgan fingerprint density at radius 3 is 1.02 bits per heavy atom. The van der Waals surface area contributed by atoms with Crippen molar-refractivity contribution < 1.29 is 29.4 Å². The largest absolute Gasteiger partial charge is 0.480 e. The first-order valence-electron chi connectivity index (χ1n) is 18.6. The van der Waals surface area contributed by atoms with Gasteiger partial charge in [-0.2, -0.15) is 0 Å². The molecule has 0 aromatic rings. The van der Waals surface area contributed by atoms with Gasteiger partial charge < -0.3 is 30.6 Å². The summed E-state index contributed by atoms with van der Waals surface area (Å²) in [6, 6.07) is -1.86. The fourth-order valence-corrected chi connectivity index (χ4v) is 7.58. The summed E-state index contributed by atoms with van der Waals surface area (Å²) in [4.78, 5) is 52.4. The Bertz CT molecular complexity index is 768. The van der Waals surface area contributed by atoms with Crippen LogP contribution in [-0.2, 0) is 19.2 Å². The number of carbonyl (C=O) groups is 4. The van der Waals surface area contributed by atoms with E-state index in [0.717, 1.165) is 51.6 Å². The van der Waals surface area contributed by atoms with E-state index in [2.05, 4.69) is 48.6 Å². The lowest BCUT2D eigenvalue weighted by atomic mass is 10.1. The third-order valence-electron chi connectivity index (χ3n) is 8.35. The highest BCUT2D eigenvalue weighted by Crippen LogP contribution is 2.24. The molecule has 0 aliphatic rings. The van der Waals surface area contributed by atoms with E-state index in [-0.39, 0.29) is 11.8 Å². The molecule has 0 rings (SSSR count). The molecule has 0 heterocycles. The van der Waals surface area contributed by atoms with Gasteiger partial charge >= 0.3 is 11.9 Å². The molecule has 2 unspecified atom stereocenters. The number of carboxylic acid groups (broad SMARTS) is 2. The minimum absolute atomic E-state index is 0.220. The van der Waals surface area contributed by atoms with Crippen molar-refractivity contribution >= 4 is 45.3 Å². The van der Waals surface area contributed by atoms with Gasteiger partial charge in [-0.1, -0.05) is 111 Å². The van der Waals surface area contributed by atoms with Crippen LogP contribution in [0, 0.1) is 0 Å². The van der Waals surface area contributed by atoms with Crippen LogP contribution in [0.25, 0.3) is 0 Å². The van der Waals surface area contributed by atoms with Gasteiger partial charge in [0.15, 0.2) is 0 Å². The Morgan fingerprint density at radius 1 is 0.479 bits per heavy atom. The van der Waals surface area contributed by atoms with Crippen LogP contribution in [0.1, 0.15) is 141 Å². The molecular weight excluding hydrogens is 649 g/mol. The summed E-state index contributed by atoms with van der Waals surface area (Å²) in [5, 5.41) is 24.4. The molecule has 2 amide bonds. The van der Waals surface area contributed by atoms with Crippen molar-refractivity contribution in [1.82, 2.24) is 20.4 Å². The van der Waals surface area contributed by atoms with Crippen LogP contribution in [0.5, 0.6) is 0 Å². The highest BCUT2D eigenvalue weighted by atomic mass is 33.1. The molecule has 0 spiro atoms. The molecule has 0 aliphatic heterocycles. The maximum Gasteiger partial charge on any atom is 0.326 e. The Morgan fingerprint density at radius 2 is 0.750 bits per heavy atom. The molecule has 12 heteroatoms. The maximum absolute atomic E-state index is 12.3. The van der Waals surface area contributed by atoms with E-state index in [1.54, 1.807) is 0 Å². The summed E-state index contributed by atoms with van der Waals surface area (Å²) in [6.07, 6.45) is 22.0. The average Bonchev–Trinajstić information content (AvgIpc) is 3.02. The summed E-state index contributed by atoms with van der Waals surface area (Å²) in [5.41, 5.74) is 0. The van der Waals surface area contributed by atoms with Crippen molar-refractivity contribution in [2.75, 3.05) is 52.8 Å². The van der Waals surface area contributed by atoms with E-state index >= 15 is 0 Å². The number of unbranched alkanes of at least 4 members (excludes halogenated alkanes) is 16. The van der Waals surface area contributed by atoms with Crippen molar-refractivity contribution in [3.63, 3.8) is 0 Å². The van der Waals surface area contributed by atoms with Crippen LogP contribution in [0.15, 0.2) is 0 Å². The van der Waals surface area contributed by atoms with Crippen LogP contribution >= 0.6 is 21.6 Å². The standard InChI is InChI=1S/C36H70N4O6S2/c1-39(2)27-21-17-13-9-5-7-11-15-19-23-33(41)37-31(35(43)44)25-29-47-48-30-26-32(36(45)46)38-34(42)24-20-16-12-8-6-10-14-18-22-28-40(3)4/h31-32H,5-30H2,1-4H3,(H,37,41)(H,38,42)(H,43,44)(H,45,46). The van der Waals surface area contributed by atoms with E-state index in [4.69, 9.17) is 0 Å². The van der Waals surface area contributed by atoms with Crippen molar-refractivity contribution in [2.24, 2.45) is 0 Å². The second-order valence-electron chi connectivity index (χ2n) is 13.6. The second-order valence-corrected chi connectivity index (χ2v) is 16.3. The topological polar surface area (TPSA) is 139 Å². The summed E-state index contributed by atoms with van der Waals surface area (Å²) in [7, 11) is 11.3. The number of amides is 2. The minimum atomic E-state index is -1.04. The summed E-state index contributed by atoms with van der Waals surface area (Å²) in [5.74, 6) is -1.50. The molecule has 0 aromatic carbocycles. The highest BCUT2D eigenvalue weighted by Gasteiger charge is 2.21. The van der Waals surface area contributed by atoms with Crippen LogP contribution in [-0.4, -0.2) is 109 Å². The Kier molecular flexibility index (Phi) is 31.7. The van der Waals surface area contributed by atoms with Gasteiger partial charge in [-0.15, -0.1) is 0 Å². The van der Waals surface area contributed by atoms with Gasteiger partial charge in [-0.3, -0.25) is 9.59 Å². The Labute approximate surface area is 300 Å². The van der Waals surface area contributed by atoms with Gasteiger partial charge in [0.05, 0.1) is 0 Å². The monoisotopic (exact) mass is 718 g/mol. The van der Waals surface area contributed by atoms with Crippen molar-refractivity contribution in [3.05, 3.63) is 0 Å². The molecule has 0 saturated carbocycles. The number of nitrogens with one attached hydrogen (secondary N) is 2. The number of carboxylic acids is 2. The van der Waals surface area contributed by atoms with E-state index < -0.39 is 24.0 Å². The highest BCUT2D eigenvalue weighted by molar-refractivity contribution is 8.76. The lowest BCUT2D eigenvalue weighted by Crippen LogP contribution is -2.41. The third-order valence-corrected chi connectivity index (χ3v) is 10.8. The first kappa shape index (κ1) is 46.5. The molecule has 0 aromatic heterocycles. The van der Waals surface area contributed by atoms with Crippen LogP contribution in [0.2, 0.25) is 0 Å². The molecule has 0 aliphatic carbocycles. The molecule has 0 fully saturated rings. The number of hydrogen-bond acceptors (Lipinski definition) is 8. The van der Waals surface area contributed by atoms with Crippen molar-refractivity contribution in [1.29, 1.82) is 0 Å². The quantitative estimate of drug-likeness (QED) is 0.0393. The molecule has 0 bridgehead atoms. The van der Waals surface area contributed by atoms with Crippen molar-refractivity contribution in [3.8, 4) is 0 Å². The molecule has 282 valence electrons. The van der Waals surface area contributed by atoms with Gasteiger partial charge in [-0.25, -0.2) is 9.59 Å². The molecule has 0 radical (unpaired) electrons. The van der Waals surface area contributed by atoms with Gasteiger partial charge in [0.1, 0.15) is 12.1 Å². The van der Waals surface area contributed by atoms with E-state index in [9.17, 15) is 29.4 Å². The average molecular weight is 719 g/mol. The fraction of sp³-hybridized carbons (Fsp3) is 0.889. The summed E-state index contributed by atoms with van der Waals surface area (Å²) < 4.78 is 0. The summed E-state index contributed by atoms with van der Waals surface area (Å²) >= 11 is 0. The number of hydrogen-bond donors (Lipinski definition) is 4. The van der Waals surface area contributed by atoms with Crippen LogP contribution in [0.3, 0.4) is 0 Å². The molecule has 10 nitrogen and oxygen atoms in total.